The highest BCUT2D eigenvalue weighted by atomic mass is 16.7. The van der Waals surface area contributed by atoms with Crippen LogP contribution in [0.4, 0.5) is 0 Å². The van der Waals surface area contributed by atoms with Gasteiger partial charge in [-0.2, -0.15) is 0 Å². The van der Waals surface area contributed by atoms with Crippen molar-refractivity contribution in [2.24, 2.45) is 5.73 Å². The molecule has 0 aliphatic heterocycles. The second-order valence-corrected chi connectivity index (χ2v) is 1.36. The fraction of sp³-hybridized carbons (Fsp3) is 1.00. The molecule has 0 aromatic rings. The molecule has 1 unspecified atom stereocenters. The average Bonchev–Trinajstić information content (AvgIpc) is 1.68. The Morgan fingerprint density at radius 1 is 1.50 bits per heavy atom. The van der Waals surface area contributed by atoms with Crippen molar-refractivity contribution in [3.05, 3.63) is 0 Å². The maximum absolute atomic E-state index is 5.06. The van der Waals surface area contributed by atoms with Crippen LogP contribution in [0, 0.1) is 0 Å². The van der Waals surface area contributed by atoms with Crippen molar-refractivity contribution in [1.82, 2.24) is 0 Å². The smallest absolute Gasteiger partial charge is 0.156 e. The van der Waals surface area contributed by atoms with Crippen molar-refractivity contribution < 1.29 is 9.47 Å². The third-order valence-electron chi connectivity index (χ3n) is 0.732. The molecular weight excluding hydrogens is 106 g/mol. The summed E-state index contributed by atoms with van der Waals surface area (Å²) in [5, 5.41) is 0. The molecule has 0 saturated carbocycles. The van der Waals surface area contributed by atoms with Crippen LogP contribution in [-0.2, 0) is 9.47 Å². The van der Waals surface area contributed by atoms with Gasteiger partial charge in [-0.15, -0.1) is 0 Å². The third kappa shape index (κ3) is 4.05. The zero-order valence-electron chi connectivity index (χ0n) is 5.39. The van der Waals surface area contributed by atoms with Crippen molar-refractivity contribution in [2.75, 3.05) is 13.3 Å². The minimum Gasteiger partial charge on any atom is -0.353 e. The third-order valence-corrected chi connectivity index (χ3v) is 0.732. The molecule has 0 radical (unpaired) electrons. The normalized spacial score (nSPS) is 13.9. The van der Waals surface area contributed by atoms with Gasteiger partial charge < -0.3 is 15.2 Å². The molecule has 0 heterocycles. The molecule has 3 nitrogen and oxygen atoms in total. The zero-order valence-corrected chi connectivity index (χ0v) is 5.39. The molecule has 0 saturated heterocycles. The van der Waals surface area contributed by atoms with Gasteiger partial charge in [0.25, 0.3) is 0 Å². The molecular formula is C5H13NO2. The summed E-state index contributed by atoms with van der Waals surface area (Å²) < 4.78 is 9.82. The fourth-order valence-corrected chi connectivity index (χ4v) is 0.418. The van der Waals surface area contributed by atoms with E-state index < -0.39 is 0 Å². The Bertz CT molecular complexity index is 43.7. The molecule has 1 atom stereocenters. The van der Waals surface area contributed by atoms with Gasteiger partial charge in [0.2, 0.25) is 0 Å². The van der Waals surface area contributed by atoms with Crippen LogP contribution in [0.25, 0.3) is 0 Å². The SMILES string of the molecule is CCOC(C)OCN. The standard InChI is InChI=1S/C5H13NO2/c1-3-7-5(2)8-4-6/h5H,3-4,6H2,1-2H3. The van der Waals surface area contributed by atoms with E-state index in [2.05, 4.69) is 0 Å². The van der Waals surface area contributed by atoms with Crippen LogP contribution in [0.5, 0.6) is 0 Å². The second kappa shape index (κ2) is 5.03. The van der Waals surface area contributed by atoms with Crippen LogP contribution < -0.4 is 5.73 Å². The Kier molecular flexibility index (Phi) is 4.95. The van der Waals surface area contributed by atoms with Crippen molar-refractivity contribution in [3.63, 3.8) is 0 Å². The zero-order chi connectivity index (χ0) is 6.41. The van der Waals surface area contributed by atoms with Crippen molar-refractivity contribution in [1.29, 1.82) is 0 Å². The topological polar surface area (TPSA) is 44.5 Å². The molecule has 3 heteroatoms. The molecule has 0 rings (SSSR count). The minimum atomic E-state index is -0.162. The van der Waals surface area contributed by atoms with Crippen LogP contribution in [0.1, 0.15) is 13.8 Å². The van der Waals surface area contributed by atoms with Crippen LogP contribution in [0.15, 0.2) is 0 Å². The molecule has 0 aliphatic rings. The first-order valence-electron chi connectivity index (χ1n) is 2.74. The summed E-state index contributed by atoms with van der Waals surface area (Å²) in [6.45, 7) is 4.62. The van der Waals surface area contributed by atoms with E-state index in [-0.39, 0.29) is 13.0 Å². The van der Waals surface area contributed by atoms with Gasteiger partial charge in [0, 0.05) is 6.61 Å². The van der Waals surface area contributed by atoms with Crippen LogP contribution >= 0.6 is 0 Å². The first kappa shape index (κ1) is 7.88. The van der Waals surface area contributed by atoms with E-state index in [1.807, 2.05) is 13.8 Å². The predicted molar refractivity (Wildman–Crippen MR) is 31.2 cm³/mol. The van der Waals surface area contributed by atoms with E-state index in [0.29, 0.717) is 6.61 Å². The van der Waals surface area contributed by atoms with Gasteiger partial charge in [0.05, 0.1) is 6.73 Å². The molecule has 0 bridgehead atoms. The van der Waals surface area contributed by atoms with Crippen molar-refractivity contribution in [2.45, 2.75) is 20.1 Å². The van der Waals surface area contributed by atoms with E-state index in [9.17, 15) is 0 Å². The van der Waals surface area contributed by atoms with Gasteiger partial charge in [0.15, 0.2) is 6.29 Å². The highest BCUT2D eigenvalue weighted by Gasteiger charge is 1.95. The summed E-state index contributed by atoms with van der Waals surface area (Å²) in [6, 6.07) is 0. The first-order chi connectivity index (χ1) is 3.81. The Morgan fingerprint density at radius 2 is 2.12 bits per heavy atom. The Labute approximate surface area is 49.8 Å². The predicted octanol–water partition coefficient (Wildman–Crippen LogP) is 0.302. The molecule has 0 spiro atoms. The summed E-state index contributed by atoms with van der Waals surface area (Å²) in [6.07, 6.45) is -0.162. The number of nitrogens with two attached hydrogens (primary N) is 1. The quantitative estimate of drug-likeness (QED) is 0.541. The molecule has 0 amide bonds. The lowest BCUT2D eigenvalue weighted by Crippen LogP contribution is -2.17. The van der Waals surface area contributed by atoms with Crippen molar-refractivity contribution in [3.8, 4) is 0 Å². The van der Waals surface area contributed by atoms with Gasteiger partial charge in [0.1, 0.15) is 0 Å². The van der Waals surface area contributed by atoms with Gasteiger partial charge in [-0.05, 0) is 13.8 Å². The first-order valence-corrected chi connectivity index (χ1v) is 2.74. The van der Waals surface area contributed by atoms with Gasteiger partial charge in [-0.25, -0.2) is 0 Å². The molecule has 0 aliphatic carbocycles. The average molecular weight is 119 g/mol. The summed E-state index contributed by atoms with van der Waals surface area (Å²) >= 11 is 0. The van der Waals surface area contributed by atoms with Gasteiger partial charge in [-0.3, -0.25) is 0 Å². The number of hydrogen-bond acceptors (Lipinski definition) is 3. The van der Waals surface area contributed by atoms with Crippen LogP contribution in [0.3, 0.4) is 0 Å². The number of hydrogen-bond donors (Lipinski definition) is 1. The van der Waals surface area contributed by atoms with Crippen molar-refractivity contribution >= 4 is 0 Å². The van der Waals surface area contributed by atoms with E-state index >= 15 is 0 Å². The van der Waals surface area contributed by atoms with E-state index in [4.69, 9.17) is 15.2 Å². The monoisotopic (exact) mass is 119 g/mol. The Balaban J connectivity index is 2.92. The maximum atomic E-state index is 5.06. The minimum absolute atomic E-state index is 0.162. The fourth-order valence-electron chi connectivity index (χ4n) is 0.418. The number of rotatable bonds is 4. The van der Waals surface area contributed by atoms with Crippen LogP contribution in [0.2, 0.25) is 0 Å². The Morgan fingerprint density at radius 3 is 2.50 bits per heavy atom. The van der Waals surface area contributed by atoms with Gasteiger partial charge >= 0.3 is 0 Å². The van der Waals surface area contributed by atoms with E-state index in [0.717, 1.165) is 0 Å². The molecule has 0 fully saturated rings. The lowest BCUT2D eigenvalue weighted by Gasteiger charge is -2.09. The molecule has 50 valence electrons. The highest BCUT2D eigenvalue weighted by molar-refractivity contribution is 4.25. The lowest BCUT2D eigenvalue weighted by molar-refractivity contribution is -0.125. The van der Waals surface area contributed by atoms with E-state index in [1.54, 1.807) is 0 Å². The molecule has 0 aromatic carbocycles. The van der Waals surface area contributed by atoms with Crippen LogP contribution in [-0.4, -0.2) is 19.6 Å². The second-order valence-electron chi connectivity index (χ2n) is 1.36. The Hall–Kier alpha value is -0.120. The maximum Gasteiger partial charge on any atom is 0.156 e. The highest BCUT2D eigenvalue weighted by Crippen LogP contribution is 1.88. The summed E-state index contributed by atoms with van der Waals surface area (Å²) in [4.78, 5) is 0. The lowest BCUT2D eigenvalue weighted by atomic mass is 10.7. The molecule has 8 heavy (non-hydrogen) atoms. The summed E-state index contributed by atoms with van der Waals surface area (Å²) in [5.74, 6) is 0. The summed E-state index contributed by atoms with van der Waals surface area (Å²) in [5.41, 5.74) is 5.06. The van der Waals surface area contributed by atoms with Gasteiger partial charge in [-0.1, -0.05) is 0 Å². The van der Waals surface area contributed by atoms with E-state index in [1.165, 1.54) is 0 Å². The number of ether oxygens (including phenoxy) is 2. The largest absolute Gasteiger partial charge is 0.353 e. The summed E-state index contributed by atoms with van der Waals surface area (Å²) in [7, 11) is 0. The molecule has 0 aromatic heterocycles. The molecule has 2 N–H and O–H groups in total.